The van der Waals surface area contributed by atoms with Gasteiger partial charge in [-0.2, -0.15) is 0 Å². The number of fused-ring (bicyclic) bond motifs is 3. The molecule has 0 fully saturated rings. The summed E-state index contributed by atoms with van der Waals surface area (Å²) in [6.45, 7) is 3.35. The molecule has 0 aliphatic carbocycles. The zero-order chi connectivity index (χ0) is 22.8. The zero-order valence-corrected chi connectivity index (χ0v) is 19.5. The minimum Gasteiger partial charge on any atom is -0.497 e. The third-order valence-electron chi connectivity index (χ3n) is 5.86. The Morgan fingerprint density at radius 3 is 2.12 bits per heavy atom. The van der Waals surface area contributed by atoms with E-state index in [1.165, 1.54) is 22.5 Å². The first-order chi connectivity index (χ1) is 16.2. The quantitative estimate of drug-likeness (QED) is 0.322. The van der Waals surface area contributed by atoms with Crippen LogP contribution in [0.1, 0.15) is 6.92 Å². The van der Waals surface area contributed by atoms with Crippen LogP contribution in [0.4, 0.5) is 0 Å². The number of methoxy groups -OCH3 is 1. The topological polar surface area (TPSA) is 65.1 Å². The highest BCUT2D eigenvalue weighted by molar-refractivity contribution is 7.99. The van der Waals surface area contributed by atoms with Crippen LogP contribution < -0.4 is 4.74 Å². The predicted octanol–water partition coefficient (Wildman–Crippen LogP) is 5.23. The summed E-state index contributed by atoms with van der Waals surface area (Å²) in [7, 11) is 1.66. The van der Waals surface area contributed by atoms with Gasteiger partial charge in [0.2, 0.25) is 0 Å². The van der Waals surface area contributed by atoms with Crippen molar-refractivity contribution in [3.05, 3.63) is 72.8 Å². The molecule has 33 heavy (non-hydrogen) atoms. The van der Waals surface area contributed by atoms with Gasteiger partial charge in [0.05, 0.1) is 19.8 Å². The van der Waals surface area contributed by atoms with Gasteiger partial charge >= 0.3 is 0 Å². The van der Waals surface area contributed by atoms with E-state index in [4.69, 9.17) is 4.74 Å². The Morgan fingerprint density at radius 2 is 1.52 bits per heavy atom. The Balaban J connectivity index is 1.35. The van der Waals surface area contributed by atoms with Gasteiger partial charge in [0.1, 0.15) is 5.75 Å². The molecule has 2 aromatic heterocycles. The minimum atomic E-state index is -0.527. The Labute approximate surface area is 196 Å². The second-order valence-electron chi connectivity index (χ2n) is 7.89. The Kier molecular flexibility index (Phi) is 6.07. The van der Waals surface area contributed by atoms with Crippen molar-refractivity contribution in [3.8, 4) is 17.1 Å². The number of rotatable bonds is 8. The van der Waals surface area contributed by atoms with Crippen molar-refractivity contribution in [1.29, 1.82) is 0 Å². The maximum atomic E-state index is 10.9. The molecule has 5 rings (SSSR count). The van der Waals surface area contributed by atoms with E-state index >= 15 is 0 Å². The fourth-order valence-electron chi connectivity index (χ4n) is 4.27. The average molecular weight is 459 g/mol. The van der Waals surface area contributed by atoms with Crippen molar-refractivity contribution >= 4 is 33.6 Å². The van der Waals surface area contributed by atoms with Gasteiger partial charge in [-0.05, 0) is 43.3 Å². The minimum absolute atomic E-state index is 0.520. The van der Waals surface area contributed by atoms with Crippen molar-refractivity contribution in [2.24, 2.45) is 0 Å². The molecular weight excluding hydrogens is 432 g/mol. The lowest BCUT2D eigenvalue weighted by molar-refractivity contribution is 0.181. The van der Waals surface area contributed by atoms with Crippen LogP contribution in [0, 0.1) is 0 Å². The van der Waals surface area contributed by atoms with Crippen molar-refractivity contribution < 1.29 is 9.84 Å². The first kappa shape index (κ1) is 21.6. The largest absolute Gasteiger partial charge is 0.497 e. The number of nitrogens with zero attached hydrogens (tertiary/aromatic N) is 4. The molecule has 5 aromatic rings. The molecule has 0 radical (unpaired) electrons. The molecule has 1 unspecified atom stereocenters. The third kappa shape index (κ3) is 4.10. The van der Waals surface area contributed by atoms with E-state index in [-0.39, 0.29) is 0 Å². The third-order valence-corrected chi connectivity index (χ3v) is 6.97. The number of ether oxygens (including phenoxy) is 1. The van der Waals surface area contributed by atoms with Gasteiger partial charge in [0, 0.05) is 39.7 Å². The van der Waals surface area contributed by atoms with E-state index in [2.05, 4.69) is 62.7 Å². The fourth-order valence-corrected chi connectivity index (χ4v) is 5.19. The van der Waals surface area contributed by atoms with Crippen LogP contribution in [0.3, 0.4) is 0 Å². The van der Waals surface area contributed by atoms with E-state index in [1.54, 1.807) is 7.11 Å². The van der Waals surface area contributed by atoms with Crippen LogP contribution in [-0.4, -0.2) is 43.4 Å². The van der Waals surface area contributed by atoms with Crippen LogP contribution in [0.2, 0.25) is 0 Å². The average Bonchev–Trinajstić information content (AvgIpc) is 3.42. The summed E-state index contributed by atoms with van der Waals surface area (Å²) in [6.07, 6.45) is -0.527. The van der Waals surface area contributed by atoms with Gasteiger partial charge in [0.15, 0.2) is 11.0 Å². The summed E-state index contributed by atoms with van der Waals surface area (Å²) in [6, 6.07) is 24.5. The number of aliphatic hydroxyl groups excluding tert-OH is 1. The molecular formula is C26H26N4O2S. The van der Waals surface area contributed by atoms with Crippen LogP contribution in [-0.2, 0) is 13.1 Å². The van der Waals surface area contributed by atoms with Gasteiger partial charge in [-0.15, -0.1) is 10.2 Å². The summed E-state index contributed by atoms with van der Waals surface area (Å²) in [5, 5.41) is 23.0. The second-order valence-corrected chi connectivity index (χ2v) is 8.88. The summed E-state index contributed by atoms with van der Waals surface area (Å²) in [5.41, 5.74) is 3.27. The van der Waals surface area contributed by atoms with E-state index in [0.717, 1.165) is 39.9 Å². The lowest BCUT2D eigenvalue weighted by atomic mass is 10.2. The van der Waals surface area contributed by atoms with Crippen LogP contribution in [0.25, 0.3) is 33.2 Å². The second kappa shape index (κ2) is 9.29. The Hall–Kier alpha value is -3.29. The highest BCUT2D eigenvalue weighted by atomic mass is 32.2. The van der Waals surface area contributed by atoms with Crippen molar-refractivity contribution in [2.45, 2.75) is 31.3 Å². The van der Waals surface area contributed by atoms with E-state index < -0.39 is 6.10 Å². The number of aliphatic hydroxyl groups is 1. The van der Waals surface area contributed by atoms with E-state index in [1.807, 2.05) is 36.4 Å². The van der Waals surface area contributed by atoms with Crippen LogP contribution in [0.5, 0.6) is 5.75 Å². The SMILES string of the molecule is CCn1c(SCC(O)Cn2c3ccccc3c3ccccc32)nnc1-c1ccc(OC)cc1. The maximum absolute atomic E-state index is 10.9. The molecule has 168 valence electrons. The van der Waals surface area contributed by atoms with Gasteiger partial charge in [-0.1, -0.05) is 48.2 Å². The molecule has 0 spiro atoms. The number of hydrogen-bond donors (Lipinski definition) is 1. The number of para-hydroxylation sites is 2. The normalized spacial score (nSPS) is 12.5. The molecule has 6 nitrogen and oxygen atoms in total. The molecule has 0 bridgehead atoms. The van der Waals surface area contributed by atoms with Crippen molar-refractivity contribution in [3.63, 3.8) is 0 Å². The molecule has 0 aliphatic heterocycles. The van der Waals surface area contributed by atoms with Gasteiger partial charge in [0.25, 0.3) is 0 Å². The summed E-state index contributed by atoms with van der Waals surface area (Å²) in [4.78, 5) is 0. The molecule has 1 N–H and O–H groups in total. The van der Waals surface area contributed by atoms with Crippen molar-refractivity contribution in [1.82, 2.24) is 19.3 Å². The molecule has 2 heterocycles. The molecule has 0 saturated heterocycles. The number of thioether (sulfide) groups is 1. The predicted molar refractivity (Wildman–Crippen MR) is 134 cm³/mol. The number of hydrogen-bond acceptors (Lipinski definition) is 5. The van der Waals surface area contributed by atoms with E-state index in [0.29, 0.717) is 12.3 Å². The molecule has 1 atom stereocenters. The van der Waals surface area contributed by atoms with Crippen LogP contribution in [0.15, 0.2) is 78.0 Å². The monoisotopic (exact) mass is 458 g/mol. The Bertz CT molecular complexity index is 1340. The molecule has 0 saturated carbocycles. The first-order valence-electron chi connectivity index (χ1n) is 11.0. The smallest absolute Gasteiger partial charge is 0.191 e. The molecule has 3 aromatic carbocycles. The fraction of sp³-hybridized carbons (Fsp3) is 0.231. The highest BCUT2D eigenvalue weighted by Gasteiger charge is 2.17. The lowest BCUT2D eigenvalue weighted by Gasteiger charge is -2.14. The zero-order valence-electron chi connectivity index (χ0n) is 18.7. The number of aromatic nitrogens is 4. The van der Waals surface area contributed by atoms with Crippen LogP contribution >= 0.6 is 11.8 Å². The standard InChI is InChI=1S/C26H26N4O2S/c1-3-29-25(18-12-14-20(32-2)15-13-18)27-28-26(29)33-17-19(31)16-30-23-10-6-4-8-21(23)22-9-5-7-11-24(22)30/h4-15,19,31H,3,16-17H2,1-2H3. The molecule has 0 amide bonds. The summed E-state index contributed by atoms with van der Waals surface area (Å²) in [5.74, 6) is 2.16. The Morgan fingerprint density at radius 1 is 0.879 bits per heavy atom. The number of benzene rings is 3. The lowest BCUT2D eigenvalue weighted by Crippen LogP contribution is -2.18. The van der Waals surface area contributed by atoms with E-state index in [9.17, 15) is 5.11 Å². The highest BCUT2D eigenvalue weighted by Crippen LogP contribution is 2.30. The molecule has 0 aliphatic rings. The van der Waals surface area contributed by atoms with Gasteiger partial charge in [-0.3, -0.25) is 0 Å². The van der Waals surface area contributed by atoms with Gasteiger partial charge < -0.3 is 19.0 Å². The molecule has 7 heteroatoms. The van der Waals surface area contributed by atoms with Gasteiger partial charge in [-0.25, -0.2) is 0 Å². The first-order valence-corrected chi connectivity index (χ1v) is 12.0. The van der Waals surface area contributed by atoms with Crippen molar-refractivity contribution in [2.75, 3.05) is 12.9 Å². The summed E-state index contributed by atoms with van der Waals surface area (Å²) < 4.78 is 9.55. The summed E-state index contributed by atoms with van der Waals surface area (Å²) >= 11 is 1.54. The maximum Gasteiger partial charge on any atom is 0.191 e.